The number of carbonyl (C=O) groups excluding carboxylic acids is 1. The lowest BCUT2D eigenvalue weighted by Crippen LogP contribution is -2.37. The molecule has 1 unspecified atom stereocenters. The molecular formula is C14H20N2O4. The largest absolute Gasteiger partial charge is 0.494 e. The van der Waals surface area contributed by atoms with Crippen molar-refractivity contribution >= 4 is 17.7 Å². The van der Waals surface area contributed by atoms with Crippen molar-refractivity contribution in [3.8, 4) is 5.75 Å². The molecule has 0 aliphatic heterocycles. The fourth-order valence-corrected chi connectivity index (χ4v) is 1.56. The second kappa shape index (κ2) is 8.04. The average Bonchev–Trinajstić information content (AvgIpc) is 2.36. The molecule has 1 aromatic carbocycles. The fraction of sp³-hybridized carbons (Fsp3) is 0.429. The third-order valence-corrected chi connectivity index (χ3v) is 2.44. The summed E-state index contributed by atoms with van der Waals surface area (Å²) in [5.41, 5.74) is 0.619. The lowest BCUT2D eigenvalue weighted by molar-refractivity contribution is -0.137. The number of hydrogen-bond donors (Lipinski definition) is 3. The molecule has 0 heterocycles. The second-order valence-electron chi connectivity index (χ2n) is 4.47. The molecule has 0 fully saturated rings. The number of amides is 2. The number of hydrogen-bond acceptors (Lipinski definition) is 3. The highest BCUT2D eigenvalue weighted by atomic mass is 16.5. The average molecular weight is 280 g/mol. The van der Waals surface area contributed by atoms with Gasteiger partial charge in [-0.15, -0.1) is 0 Å². The van der Waals surface area contributed by atoms with Crippen molar-refractivity contribution in [1.82, 2.24) is 5.32 Å². The van der Waals surface area contributed by atoms with Crippen LogP contribution in [0.3, 0.4) is 0 Å². The van der Waals surface area contributed by atoms with E-state index in [-0.39, 0.29) is 6.42 Å². The lowest BCUT2D eigenvalue weighted by atomic mass is 10.2. The lowest BCUT2D eigenvalue weighted by Gasteiger charge is -2.13. The predicted molar refractivity (Wildman–Crippen MR) is 76.1 cm³/mol. The van der Waals surface area contributed by atoms with Gasteiger partial charge in [-0.1, -0.05) is 6.92 Å². The van der Waals surface area contributed by atoms with Gasteiger partial charge in [0.25, 0.3) is 0 Å². The Morgan fingerprint density at radius 1 is 1.30 bits per heavy atom. The van der Waals surface area contributed by atoms with E-state index in [1.165, 1.54) is 0 Å². The van der Waals surface area contributed by atoms with Crippen molar-refractivity contribution in [3.05, 3.63) is 24.3 Å². The highest BCUT2D eigenvalue weighted by molar-refractivity contribution is 5.89. The van der Waals surface area contributed by atoms with Crippen molar-refractivity contribution in [2.24, 2.45) is 0 Å². The Balaban J connectivity index is 2.43. The normalized spacial score (nSPS) is 11.5. The molecule has 0 saturated heterocycles. The highest BCUT2D eigenvalue weighted by Gasteiger charge is 2.10. The van der Waals surface area contributed by atoms with Gasteiger partial charge < -0.3 is 20.5 Å². The number of aliphatic carboxylic acids is 1. The molecule has 0 radical (unpaired) electrons. The first-order valence-corrected chi connectivity index (χ1v) is 6.53. The van der Waals surface area contributed by atoms with E-state index in [9.17, 15) is 9.59 Å². The van der Waals surface area contributed by atoms with E-state index in [0.717, 1.165) is 12.2 Å². The summed E-state index contributed by atoms with van der Waals surface area (Å²) < 4.78 is 5.43. The minimum Gasteiger partial charge on any atom is -0.494 e. The van der Waals surface area contributed by atoms with Gasteiger partial charge in [-0.05, 0) is 37.6 Å². The summed E-state index contributed by atoms with van der Waals surface area (Å²) in [5, 5.41) is 13.8. The quantitative estimate of drug-likeness (QED) is 0.716. The summed E-state index contributed by atoms with van der Waals surface area (Å²) in [5.74, 6) is -0.202. The summed E-state index contributed by atoms with van der Waals surface area (Å²) in [7, 11) is 0. The molecule has 0 saturated carbocycles. The highest BCUT2D eigenvalue weighted by Crippen LogP contribution is 2.15. The molecule has 1 rings (SSSR count). The Hall–Kier alpha value is -2.24. The van der Waals surface area contributed by atoms with Crippen LogP contribution in [0.1, 0.15) is 26.7 Å². The zero-order valence-corrected chi connectivity index (χ0v) is 11.7. The van der Waals surface area contributed by atoms with E-state index in [1.807, 2.05) is 6.92 Å². The van der Waals surface area contributed by atoms with Gasteiger partial charge >= 0.3 is 12.0 Å². The summed E-state index contributed by atoms with van der Waals surface area (Å²) >= 11 is 0. The number of nitrogens with one attached hydrogen (secondary N) is 2. The van der Waals surface area contributed by atoms with Crippen LogP contribution in [0, 0.1) is 0 Å². The number of carboxylic acid groups (broad SMARTS) is 1. The zero-order valence-electron chi connectivity index (χ0n) is 11.7. The molecule has 1 atom stereocenters. The number of urea groups is 1. The third kappa shape index (κ3) is 6.08. The van der Waals surface area contributed by atoms with Crippen LogP contribution in [0.25, 0.3) is 0 Å². The van der Waals surface area contributed by atoms with Crippen molar-refractivity contribution in [2.75, 3.05) is 11.9 Å². The van der Waals surface area contributed by atoms with Gasteiger partial charge in [0, 0.05) is 11.7 Å². The number of carbonyl (C=O) groups is 2. The van der Waals surface area contributed by atoms with Gasteiger partial charge in [0.2, 0.25) is 0 Å². The third-order valence-electron chi connectivity index (χ3n) is 2.44. The van der Waals surface area contributed by atoms with Gasteiger partial charge in [0.15, 0.2) is 0 Å². The van der Waals surface area contributed by atoms with Crippen LogP contribution in [0.15, 0.2) is 24.3 Å². The molecule has 6 heteroatoms. The standard InChI is InChI=1S/C14H20N2O4/c1-3-8-20-12-6-4-11(5-7-12)16-14(19)15-10(2)9-13(17)18/h4-7,10H,3,8-9H2,1-2H3,(H,17,18)(H2,15,16,19). The SMILES string of the molecule is CCCOc1ccc(NC(=O)NC(C)CC(=O)O)cc1. The number of carboxylic acids is 1. The van der Waals surface area contributed by atoms with E-state index in [0.29, 0.717) is 12.3 Å². The molecule has 0 aromatic heterocycles. The summed E-state index contributed by atoms with van der Waals surface area (Å²) in [4.78, 5) is 22.1. The van der Waals surface area contributed by atoms with E-state index in [2.05, 4.69) is 10.6 Å². The number of ether oxygens (including phenoxy) is 1. The molecule has 0 spiro atoms. The Kier molecular flexibility index (Phi) is 6.36. The molecule has 1 aromatic rings. The Morgan fingerprint density at radius 3 is 2.50 bits per heavy atom. The molecule has 0 aliphatic rings. The van der Waals surface area contributed by atoms with Crippen LogP contribution in [0.2, 0.25) is 0 Å². The van der Waals surface area contributed by atoms with E-state index < -0.39 is 18.0 Å². The number of rotatable bonds is 7. The topological polar surface area (TPSA) is 87.7 Å². The van der Waals surface area contributed by atoms with Crippen LogP contribution in [0.4, 0.5) is 10.5 Å². The molecule has 110 valence electrons. The van der Waals surface area contributed by atoms with Gasteiger partial charge in [-0.2, -0.15) is 0 Å². The molecule has 0 aliphatic carbocycles. The van der Waals surface area contributed by atoms with Crippen molar-refractivity contribution in [3.63, 3.8) is 0 Å². The first-order valence-electron chi connectivity index (χ1n) is 6.53. The monoisotopic (exact) mass is 280 g/mol. The first kappa shape index (κ1) is 15.8. The van der Waals surface area contributed by atoms with E-state index >= 15 is 0 Å². The van der Waals surface area contributed by atoms with Gasteiger partial charge in [-0.3, -0.25) is 4.79 Å². The maximum Gasteiger partial charge on any atom is 0.319 e. The van der Waals surface area contributed by atoms with Gasteiger partial charge in [-0.25, -0.2) is 4.79 Å². The summed E-state index contributed by atoms with van der Waals surface area (Å²) in [6.45, 7) is 4.31. The Labute approximate surface area is 118 Å². The molecular weight excluding hydrogens is 260 g/mol. The summed E-state index contributed by atoms with van der Waals surface area (Å²) in [6, 6.07) is 6.14. The van der Waals surface area contributed by atoms with Crippen LogP contribution >= 0.6 is 0 Å². The van der Waals surface area contributed by atoms with Crippen LogP contribution in [0.5, 0.6) is 5.75 Å². The van der Waals surface area contributed by atoms with Gasteiger partial charge in [0.05, 0.1) is 13.0 Å². The van der Waals surface area contributed by atoms with E-state index in [4.69, 9.17) is 9.84 Å². The maximum absolute atomic E-state index is 11.6. The van der Waals surface area contributed by atoms with Crippen LogP contribution < -0.4 is 15.4 Å². The summed E-state index contributed by atoms with van der Waals surface area (Å²) in [6.07, 6.45) is 0.821. The predicted octanol–water partition coefficient (Wildman–Crippen LogP) is 2.46. The second-order valence-corrected chi connectivity index (χ2v) is 4.47. The fourth-order valence-electron chi connectivity index (χ4n) is 1.56. The first-order chi connectivity index (χ1) is 9.51. The van der Waals surface area contributed by atoms with Gasteiger partial charge in [0.1, 0.15) is 5.75 Å². The number of benzene rings is 1. The zero-order chi connectivity index (χ0) is 15.0. The number of anilines is 1. The minimum absolute atomic E-state index is 0.114. The minimum atomic E-state index is -0.949. The molecule has 20 heavy (non-hydrogen) atoms. The molecule has 2 amide bonds. The van der Waals surface area contributed by atoms with Crippen LogP contribution in [-0.4, -0.2) is 29.8 Å². The van der Waals surface area contributed by atoms with Crippen molar-refractivity contribution in [1.29, 1.82) is 0 Å². The Bertz CT molecular complexity index is 445. The van der Waals surface area contributed by atoms with Crippen molar-refractivity contribution < 1.29 is 19.4 Å². The Morgan fingerprint density at radius 2 is 1.95 bits per heavy atom. The van der Waals surface area contributed by atoms with Crippen LogP contribution in [-0.2, 0) is 4.79 Å². The van der Waals surface area contributed by atoms with Crippen molar-refractivity contribution in [2.45, 2.75) is 32.7 Å². The molecule has 0 bridgehead atoms. The maximum atomic E-state index is 11.6. The smallest absolute Gasteiger partial charge is 0.319 e. The molecule has 3 N–H and O–H groups in total. The molecule has 6 nitrogen and oxygen atoms in total. The van der Waals surface area contributed by atoms with E-state index in [1.54, 1.807) is 31.2 Å².